The number of halogens is 1. The number of carbonyl (C=O) groups excluding carboxylic acids is 1. The van der Waals surface area contributed by atoms with Crippen LogP contribution in [-0.2, 0) is 0 Å². The fourth-order valence-corrected chi connectivity index (χ4v) is 2.65. The Morgan fingerprint density at radius 2 is 1.92 bits per heavy atom. The van der Waals surface area contributed by atoms with Crippen molar-refractivity contribution in [2.75, 3.05) is 0 Å². The lowest BCUT2D eigenvalue weighted by Gasteiger charge is -2.05. The largest absolute Gasteiger partial charge is 0.339 e. The number of fused-ring (bicyclic) bond motifs is 1. The zero-order chi connectivity index (χ0) is 18.1. The van der Waals surface area contributed by atoms with E-state index in [0.717, 1.165) is 11.1 Å². The van der Waals surface area contributed by atoms with Gasteiger partial charge in [-0.15, -0.1) is 0 Å². The van der Waals surface area contributed by atoms with E-state index in [1.807, 2.05) is 25.1 Å². The fourth-order valence-electron chi connectivity index (χ4n) is 2.65. The average molecular weight is 351 g/mol. The third kappa shape index (κ3) is 3.08. The Kier molecular flexibility index (Phi) is 4.00. The van der Waals surface area contributed by atoms with Gasteiger partial charge in [-0.05, 0) is 42.5 Å². The molecule has 0 aliphatic carbocycles. The molecule has 2 heterocycles. The summed E-state index contributed by atoms with van der Waals surface area (Å²) < 4.78 is 18.3. The smallest absolute Gasteiger partial charge is 0.230 e. The molecule has 0 aliphatic heterocycles. The lowest BCUT2D eigenvalue weighted by Crippen LogP contribution is -2.05. The normalized spacial score (nSPS) is 12.4. The van der Waals surface area contributed by atoms with Crippen LogP contribution in [0, 0.1) is 5.82 Å². The van der Waals surface area contributed by atoms with Crippen LogP contribution >= 0.6 is 0 Å². The van der Waals surface area contributed by atoms with E-state index < -0.39 is 0 Å². The molecule has 0 spiro atoms. The molecule has 1 atom stereocenters. The summed E-state index contributed by atoms with van der Waals surface area (Å²) in [5.74, 6) is 0.0489. The molecular weight excluding hydrogens is 337 g/mol. The van der Waals surface area contributed by atoms with Gasteiger partial charge in [0.2, 0.25) is 11.7 Å². The van der Waals surface area contributed by atoms with E-state index in [-0.39, 0.29) is 23.9 Å². The number of nitrogens with one attached hydrogen (secondary N) is 1. The van der Waals surface area contributed by atoms with Crippen molar-refractivity contribution >= 4 is 16.8 Å². The van der Waals surface area contributed by atoms with Crippen LogP contribution in [0.4, 0.5) is 4.39 Å². The average Bonchev–Trinajstić information content (AvgIpc) is 3.31. The lowest BCUT2D eigenvalue weighted by molar-refractivity contribution is 0.0970. The fraction of sp³-hybridized carbons (Fsp3) is 0.167. The molecule has 0 saturated heterocycles. The van der Waals surface area contributed by atoms with Crippen molar-refractivity contribution in [1.82, 2.24) is 25.6 Å². The number of carbonyl (C=O) groups is 1. The van der Waals surface area contributed by atoms with E-state index in [2.05, 4.69) is 25.6 Å². The molecule has 2 aromatic heterocycles. The Hall–Kier alpha value is -3.42. The number of hydrogen-bond acceptors (Lipinski definition) is 6. The topological polar surface area (TPSA) is 97.6 Å². The molecule has 26 heavy (non-hydrogen) atoms. The number of hydrogen-bond donors (Lipinski definition) is 1. The van der Waals surface area contributed by atoms with E-state index in [1.54, 1.807) is 0 Å². The highest BCUT2D eigenvalue weighted by atomic mass is 19.1. The van der Waals surface area contributed by atoms with Gasteiger partial charge in [-0.2, -0.15) is 20.4 Å². The minimum atomic E-state index is -0.375. The quantitative estimate of drug-likeness (QED) is 0.553. The van der Waals surface area contributed by atoms with Crippen LogP contribution in [0.1, 0.15) is 35.5 Å². The highest BCUT2D eigenvalue weighted by Gasteiger charge is 2.19. The maximum absolute atomic E-state index is 13.0. The van der Waals surface area contributed by atoms with Crippen molar-refractivity contribution in [2.24, 2.45) is 0 Å². The predicted octanol–water partition coefficient (Wildman–Crippen LogP) is 3.52. The summed E-state index contributed by atoms with van der Waals surface area (Å²) in [7, 11) is 0. The summed E-state index contributed by atoms with van der Waals surface area (Å²) >= 11 is 0. The van der Waals surface area contributed by atoms with Gasteiger partial charge in [0.15, 0.2) is 5.78 Å². The summed E-state index contributed by atoms with van der Waals surface area (Å²) in [5.41, 5.74) is 2.65. The van der Waals surface area contributed by atoms with Gasteiger partial charge in [-0.1, -0.05) is 12.1 Å². The summed E-state index contributed by atoms with van der Waals surface area (Å²) in [6.45, 7) is 1.83. The molecule has 130 valence electrons. The van der Waals surface area contributed by atoms with Crippen LogP contribution < -0.4 is 0 Å². The molecule has 4 aromatic rings. The zero-order valence-corrected chi connectivity index (χ0v) is 13.8. The Bertz CT molecular complexity index is 1070. The second-order valence-corrected chi connectivity index (χ2v) is 6.02. The first-order chi connectivity index (χ1) is 12.6. The van der Waals surface area contributed by atoms with E-state index >= 15 is 0 Å². The molecule has 8 heteroatoms. The van der Waals surface area contributed by atoms with Crippen LogP contribution in [0.25, 0.3) is 22.4 Å². The van der Waals surface area contributed by atoms with Gasteiger partial charge < -0.3 is 4.52 Å². The highest BCUT2D eigenvalue weighted by molar-refractivity contribution is 5.96. The van der Waals surface area contributed by atoms with Crippen molar-refractivity contribution in [3.8, 4) is 11.4 Å². The molecule has 0 aliphatic rings. The second kappa shape index (κ2) is 6.47. The Morgan fingerprint density at radius 3 is 2.73 bits per heavy atom. The number of ketones is 1. The number of benzene rings is 2. The molecule has 0 amide bonds. The van der Waals surface area contributed by atoms with Crippen LogP contribution in [0.2, 0.25) is 0 Å². The molecular formula is C18H14FN5O2. The SMILES string of the molecule is CC(CC(=O)c1ccc(F)cc1)c1nc(-c2ccc3n[nH]nc3c2)no1. The third-order valence-corrected chi connectivity index (χ3v) is 4.10. The monoisotopic (exact) mass is 351 g/mol. The minimum absolute atomic E-state index is 0.110. The van der Waals surface area contributed by atoms with Gasteiger partial charge in [0.25, 0.3) is 0 Å². The third-order valence-electron chi connectivity index (χ3n) is 4.10. The number of aromatic amines is 1. The summed E-state index contributed by atoms with van der Waals surface area (Å²) in [6.07, 6.45) is 0.190. The van der Waals surface area contributed by atoms with E-state index in [4.69, 9.17) is 4.52 Å². The second-order valence-electron chi connectivity index (χ2n) is 6.02. The first-order valence-electron chi connectivity index (χ1n) is 8.03. The number of H-pyrrole nitrogens is 1. The zero-order valence-electron chi connectivity index (χ0n) is 13.8. The Labute approximate surface area is 147 Å². The van der Waals surface area contributed by atoms with Gasteiger partial charge in [-0.3, -0.25) is 4.79 Å². The van der Waals surface area contributed by atoms with Crippen molar-refractivity contribution in [3.63, 3.8) is 0 Å². The van der Waals surface area contributed by atoms with Gasteiger partial charge in [0.1, 0.15) is 16.9 Å². The summed E-state index contributed by atoms with van der Waals surface area (Å²) in [4.78, 5) is 16.7. The van der Waals surface area contributed by atoms with Crippen LogP contribution in [-0.4, -0.2) is 31.3 Å². The molecule has 2 aromatic carbocycles. The first-order valence-corrected chi connectivity index (χ1v) is 8.03. The number of rotatable bonds is 5. The van der Waals surface area contributed by atoms with Gasteiger partial charge in [-0.25, -0.2) is 4.39 Å². The van der Waals surface area contributed by atoms with Crippen molar-refractivity contribution in [1.29, 1.82) is 0 Å². The molecule has 7 nitrogen and oxygen atoms in total. The molecule has 4 rings (SSSR count). The minimum Gasteiger partial charge on any atom is -0.339 e. The van der Waals surface area contributed by atoms with Gasteiger partial charge in [0.05, 0.1) is 0 Å². The van der Waals surface area contributed by atoms with Crippen LogP contribution in [0.15, 0.2) is 47.0 Å². The highest BCUT2D eigenvalue weighted by Crippen LogP contribution is 2.24. The number of aromatic nitrogens is 5. The molecule has 0 fully saturated rings. The van der Waals surface area contributed by atoms with Crippen molar-refractivity contribution in [3.05, 3.63) is 59.7 Å². The van der Waals surface area contributed by atoms with Crippen LogP contribution in [0.3, 0.4) is 0 Å². The van der Waals surface area contributed by atoms with Crippen LogP contribution in [0.5, 0.6) is 0 Å². The summed E-state index contributed by atoms with van der Waals surface area (Å²) in [6, 6.07) is 10.9. The van der Waals surface area contributed by atoms with Gasteiger partial charge in [0, 0.05) is 23.5 Å². The maximum atomic E-state index is 13.0. The maximum Gasteiger partial charge on any atom is 0.230 e. The van der Waals surface area contributed by atoms with E-state index in [1.165, 1.54) is 24.3 Å². The number of Topliss-reactive ketones (excluding diaryl/α,β-unsaturated/α-hetero) is 1. The number of nitrogens with zero attached hydrogens (tertiary/aromatic N) is 4. The Morgan fingerprint density at radius 1 is 1.15 bits per heavy atom. The molecule has 1 N–H and O–H groups in total. The van der Waals surface area contributed by atoms with Crippen molar-refractivity contribution < 1.29 is 13.7 Å². The van der Waals surface area contributed by atoms with E-state index in [0.29, 0.717) is 22.8 Å². The van der Waals surface area contributed by atoms with E-state index in [9.17, 15) is 9.18 Å². The first kappa shape index (κ1) is 16.1. The molecule has 0 saturated carbocycles. The summed E-state index contributed by atoms with van der Waals surface area (Å²) in [5, 5.41) is 14.6. The Balaban J connectivity index is 1.51. The van der Waals surface area contributed by atoms with Crippen molar-refractivity contribution in [2.45, 2.75) is 19.3 Å². The lowest BCUT2D eigenvalue weighted by atomic mass is 9.99. The predicted molar refractivity (Wildman–Crippen MR) is 90.9 cm³/mol. The molecule has 0 bridgehead atoms. The molecule has 1 unspecified atom stereocenters. The molecule has 0 radical (unpaired) electrons. The standard InChI is InChI=1S/C18H14FN5O2/c1-10(8-16(25)11-2-5-13(19)6-3-11)18-20-17(23-26-18)12-4-7-14-15(9-12)22-24-21-14/h2-7,9-10H,8H2,1H3,(H,21,22,24). The van der Waals surface area contributed by atoms with Gasteiger partial charge >= 0.3 is 0 Å².